The van der Waals surface area contributed by atoms with Crippen LogP contribution in [0.4, 0.5) is 0 Å². The number of hydrogen-bond donors (Lipinski definition) is 1. The molecule has 0 bridgehead atoms. The number of carboxylic acids is 1. The molecule has 0 unspecified atom stereocenters. The third-order valence-electron chi connectivity index (χ3n) is 2.51. The summed E-state index contributed by atoms with van der Waals surface area (Å²) in [5.74, 6) is -0.678. The molecule has 1 N–H and O–H groups in total. The van der Waals surface area contributed by atoms with Gasteiger partial charge in [0.05, 0.1) is 5.52 Å². The second-order valence-corrected chi connectivity index (χ2v) is 3.70. The van der Waals surface area contributed by atoms with Crippen LogP contribution >= 0.6 is 0 Å². The van der Waals surface area contributed by atoms with E-state index in [4.69, 9.17) is 5.11 Å². The van der Waals surface area contributed by atoms with Gasteiger partial charge in [0, 0.05) is 17.8 Å². The van der Waals surface area contributed by atoms with Crippen LogP contribution in [-0.4, -0.2) is 30.6 Å². The number of imidazole rings is 1. The van der Waals surface area contributed by atoms with E-state index in [9.17, 15) is 4.79 Å². The van der Waals surface area contributed by atoms with Crippen molar-refractivity contribution in [2.24, 2.45) is 0 Å². The van der Waals surface area contributed by atoms with Crippen molar-refractivity contribution in [2.75, 3.05) is 0 Å². The van der Waals surface area contributed by atoms with E-state index in [1.54, 1.807) is 6.20 Å². The van der Waals surface area contributed by atoms with E-state index in [1.807, 2.05) is 24.3 Å². The van der Waals surface area contributed by atoms with Crippen LogP contribution in [0.25, 0.3) is 16.9 Å². The fraction of sp³-hybridized carbons (Fsp3) is 0. The number of aromatic nitrogens is 4. The Balaban J connectivity index is 2.10. The van der Waals surface area contributed by atoms with Crippen molar-refractivity contribution >= 4 is 16.9 Å². The Bertz CT molecular complexity index is 736. The van der Waals surface area contributed by atoms with Crippen LogP contribution in [0.1, 0.15) is 10.5 Å². The predicted octanol–water partition coefficient (Wildman–Crippen LogP) is 1.51. The Morgan fingerprint density at radius 3 is 2.83 bits per heavy atom. The van der Waals surface area contributed by atoms with E-state index in [0.29, 0.717) is 5.95 Å². The summed E-state index contributed by atoms with van der Waals surface area (Å²) in [4.78, 5) is 23.0. The molecule has 1 aromatic carbocycles. The highest BCUT2D eigenvalue weighted by Gasteiger charge is 2.09. The summed E-state index contributed by atoms with van der Waals surface area (Å²) in [5.41, 5.74) is 0.764. The molecule has 3 aromatic rings. The molecule has 0 aliphatic heterocycles. The zero-order valence-corrected chi connectivity index (χ0v) is 9.19. The quantitative estimate of drug-likeness (QED) is 0.734. The SMILES string of the molecule is O=C(O)c1cn(-c2ncc3ccccc3n2)cn1. The van der Waals surface area contributed by atoms with Gasteiger partial charge in [-0.2, -0.15) is 0 Å². The van der Waals surface area contributed by atoms with E-state index >= 15 is 0 Å². The Morgan fingerprint density at radius 2 is 2.06 bits per heavy atom. The highest BCUT2D eigenvalue weighted by molar-refractivity contribution is 5.85. The summed E-state index contributed by atoms with van der Waals surface area (Å²) in [6.45, 7) is 0. The minimum atomic E-state index is -1.07. The van der Waals surface area contributed by atoms with Crippen molar-refractivity contribution in [1.29, 1.82) is 0 Å². The molecule has 88 valence electrons. The first kappa shape index (κ1) is 10.4. The molecule has 0 saturated carbocycles. The average molecular weight is 240 g/mol. The number of carboxylic acid groups (broad SMARTS) is 1. The molecule has 0 radical (unpaired) electrons. The second-order valence-electron chi connectivity index (χ2n) is 3.70. The van der Waals surface area contributed by atoms with Gasteiger partial charge >= 0.3 is 5.97 Å². The highest BCUT2D eigenvalue weighted by Crippen LogP contribution is 2.12. The fourth-order valence-corrected chi connectivity index (χ4v) is 1.63. The zero-order valence-electron chi connectivity index (χ0n) is 9.19. The first-order chi connectivity index (χ1) is 8.74. The number of aromatic carboxylic acids is 1. The summed E-state index contributed by atoms with van der Waals surface area (Å²) in [5, 5.41) is 9.73. The maximum atomic E-state index is 10.7. The normalized spacial score (nSPS) is 10.7. The minimum Gasteiger partial charge on any atom is -0.476 e. The molecule has 0 aliphatic carbocycles. The van der Waals surface area contributed by atoms with Gasteiger partial charge in [-0.25, -0.2) is 19.7 Å². The van der Waals surface area contributed by atoms with Gasteiger partial charge in [0.1, 0.15) is 6.33 Å². The lowest BCUT2D eigenvalue weighted by Crippen LogP contribution is -1.99. The maximum absolute atomic E-state index is 10.7. The summed E-state index contributed by atoms with van der Waals surface area (Å²) < 4.78 is 1.48. The number of fused-ring (bicyclic) bond motifs is 1. The molecular formula is C12H8N4O2. The number of nitrogens with zero attached hydrogens (tertiary/aromatic N) is 4. The topological polar surface area (TPSA) is 80.9 Å². The van der Waals surface area contributed by atoms with Crippen LogP contribution in [0.15, 0.2) is 43.0 Å². The van der Waals surface area contributed by atoms with Gasteiger partial charge in [-0.05, 0) is 6.07 Å². The van der Waals surface area contributed by atoms with E-state index in [0.717, 1.165) is 10.9 Å². The lowest BCUT2D eigenvalue weighted by Gasteiger charge is -2.01. The molecule has 18 heavy (non-hydrogen) atoms. The van der Waals surface area contributed by atoms with Crippen molar-refractivity contribution < 1.29 is 9.90 Å². The van der Waals surface area contributed by atoms with Crippen molar-refractivity contribution in [3.8, 4) is 5.95 Å². The molecule has 0 saturated heterocycles. The lowest BCUT2D eigenvalue weighted by atomic mass is 10.2. The average Bonchev–Trinajstić information content (AvgIpc) is 2.88. The van der Waals surface area contributed by atoms with Crippen molar-refractivity contribution in [3.63, 3.8) is 0 Å². The molecule has 0 fully saturated rings. The largest absolute Gasteiger partial charge is 0.476 e. The minimum absolute atomic E-state index is 0.0354. The second kappa shape index (κ2) is 3.92. The molecule has 0 amide bonds. The Labute approximate surface area is 102 Å². The first-order valence-corrected chi connectivity index (χ1v) is 5.23. The van der Waals surface area contributed by atoms with E-state index in [2.05, 4.69) is 15.0 Å². The molecule has 2 aromatic heterocycles. The van der Waals surface area contributed by atoms with Crippen LogP contribution in [0.5, 0.6) is 0 Å². The van der Waals surface area contributed by atoms with Gasteiger partial charge in [-0.15, -0.1) is 0 Å². The van der Waals surface area contributed by atoms with Crippen LogP contribution in [0.3, 0.4) is 0 Å². The summed E-state index contributed by atoms with van der Waals surface area (Å²) in [7, 11) is 0. The highest BCUT2D eigenvalue weighted by atomic mass is 16.4. The van der Waals surface area contributed by atoms with Gasteiger partial charge in [-0.3, -0.25) is 4.57 Å². The number of benzene rings is 1. The molecular weight excluding hydrogens is 232 g/mol. The smallest absolute Gasteiger partial charge is 0.356 e. The summed E-state index contributed by atoms with van der Waals surface area (Å²) in [6, 6.07) is 7.58. The van der Waals surface area contributed by atoms with E-state index < -0.39 is 5.97 Å². The van der Waals surface area contributed by atoms with Gasteiger partial charge in [0.15, 0.2) is 5.69 Å². The monoisotopic (exact) mass is 240 g/mol. The molecule has 2 heterocycles. The van der Waals surface area contributed by atoms with Crippen molar-refractivity contribution in [3.05, 3.63) is 48.7 Å². The van der Waals surface area contributed by atoms with E-state index in [-0.39, 0.29) is 5.69 Å². The van der Waals surface area contributed by atoms with Gasteiger partial charge < -0.3 is 5.11 Å². The standard InChI is InChI=1S/C12H8N4O2/c17-11(18)10-6-16(7-14-10)12-13-5-8-3-1-2-4-9(8)15-12/h1-7H,(H,17,18). The first-order valence-electron chi connectivity index (χ1n) is 5.23. The van der Waals surface area contributed by atoms with Gasteiger partial charge in [0.2, 0.25) is 5.95 Å². The maximum Gasteiger partial charge on any atom is 0.356 e. The molecule has 0 spiro atoms. The Kier molecular flexibility index (Phi) is 2.26. The molecule has 6 nitrogen and oxygen atoms in total. The third kappa shape index (κ3) is 1.69. The van der Waals surface area contributed by atoms with Crippen LogP contribution in [0, 0.1) is 0 Å². The van der Waals surface area contributed by atoms with Gasteiger partial charge in [-0.1, -0.05) is 18.2 Å². The number of carbonyl (C=O) groups is 1. The molecule has 0 atom stereocenters. The Morgan fingerprint density at radius 1 is 1.22 bits per heavy atom. The van der Waals surface area contributed by atoms with Crippen molar-refractivity contribution in [1.82, 2.24) is 19.5 Å². The van der Waals surface area contributed by atoms with Gasteiger partial charge in [0.25, 0.3) is 0 Å². The molecule has 0 aliphatic rings. The fourth-order valence-electron chi connectivity index (χ4n) is 1.63. The number of rotatable bonds is 2. The van der Waals surface area contributed by atoms with Crippen LogP contribution in [0.2, 0.25) is 0 Å². The zero-order chi connectivity index (χ0) is 12.5. The van der Waals surface area contributed by atoms with Crippen LogP contribution in [-0.2, 0) is 0 Å². The summed E-state index contributed by atoms with van der Waals surface area (Å²) >= 11 is 0. The lowest BCUT2D eigenvalue weighted by molar-refractivity contribution is 0.0691. The number of hydrogen-bond acceptors (Lipinski definition) is 4. The van der Waals surface area contributed by atoms with Crippen molar-refractivity contribution in [2.45, 2.75) is 0 Å². The molecule has 3 rings (SSSR count). The number of para-hydroxylation sites is 1. The summed E-state index contributed by atoms with van der Waals surface area (Å²) in [6.07, 6.45) is 4.46. The third-order valence-corrected chi connectivity index (χ3v) is 2.51. The van der Waals surface area contributed by atoms with E-state index in [1.165, 1.54) is 17.1 Å². The molecule has 6 heteroatoms. The predicted molar refractivity (Wildman–Crippen MR) is 63.6 cm³/mol. The van der Waals surface area contributed by atoms with Crippen LogP contribution < -0.4 is 0 Å². The Hall–Kier alpha value is -2.76.